The van der Waals surface area contributed by atoms with E-state index in [0.29, 0.717) is 6.07 Å². The number of nitrogens with one attached hydrogen (secondary N) is 1. The minimum Gasteiger partial charge on any atom is -0.266 e. The van der Waals surface area contributed by atoms with Crippen LogP contribution < -0.4 is 4.72 Å². The Morgan fingerprint density at radius 2 is 1.81 bits per heavy atom. The molecule has 164 valence electrons. The van der Waals surface area contributed by atoms with Crippen LogP contribution in [0.25, 0.3) is 5.69 Å². The summed E-state index contributed by atoms with van der Waals surface area (Å²) >= 11 is 11.7. The van der Waals surface area contributed by atoms with Gasteiger partial charge in [0.1, 0.15) is 5.82 Å². The highest BCUT2D eigenvalue weighted by atomic mass is 35.5. The van der Waals surface area contributed by atoms with E-state index in [4.69, 9.17) is 23.2 Å². The van der Waals surface area contributed by atoms with Gasteiger partial charge in [-0.2, -0.15) is 13.2 Å². The summed E-state index contributed by atoms with van der Waals surface area (Å²) < 4.78 is 81.2. The number of benzene rings is 2. The first-order valence-corrected chi connectivity index (χ1v) is 10.4. The van der Waals surface area contributed by atoms with E-state index < -0.39 is 44.2 Å². The van der Waals surface area contributed by atoms with Crippen molar-refractivity contribution in [1.29, 1.82) is 0 Å². The van der Waals surface area contributed by atoms with Crippen LogP contribution in [0.4, 0.5) is 17.6 Å². The van der Waals surface area contributed by atoms with Gasteiger partial charge in [0, 0.05) is 5.02 Å². The standard InChI is InChI=1S/C17H10Cl2F4N4O3S/c1-8-2-4-10(20)7-13(8)31(29,30)25-16(28)14-15(17(21,22)23)27(26-24-14)12-5-3-9(18)6-11(12)19/h2-7H,1H3,(H,25,28). The fourth-order valence-corrected chi connectivity index (χ4v) is 4.30. The molecule has 3 aromatic rings. The molecule has 0 saturated heterocycles. The van der Waals surface area contributed by atoms with Gasteiger partial charge in [-0.05, 0) is 42.8 Å². The Morgan fingerprint density at radius 3 is 2.42 bits per heavy atom. The molecular formula is C17H10Cl2F4N4O3S. The highest BCUT2D eigenvalue weighted by Crippen LogP contribution is 2.35. The van der Waals surface area contributed by atoms with E-state index in [9.17, 15) is 30.8 Å². The molecule has 0 radical (unpaired) electrons. The second-order valence-corrected chi connectivity index (χ2v) is 8.63. The van der Waals surface area contributed by atoms with Gasteiger partial charge in [0.05, 0.1) is 15.6 Å². The Bertz CT molecular complexity index is 1290. The minimum atomic E-state index is -5.17. The van der Waals surface area contributed by atoms with E-state index in [-0.39, 0.29) is 26.0 Å². The molecule has 0 aliphatic rings. The van der Waals surface area contributed by atoms with Gasteiger partial charge >= 0.3 is 6.18 Å². The SMILES string of the molecule is Cc1ccc(F)cc1S(=O)(=O)NC(=O)c1nnn(-c2ccc(Cl)cc2Cl)c1C(F)(F)F. The molecular weight excluding hydrogens is 487 g/mol. The molecule has 0 atom stereocenters. The summed E-state index contributed by atoms with van der Waals surface area (Å²) in [5.41, 5.74) is -3.22. The number of halogens is 6. The summed E-state index contributed by atoms with van der Waals surface area (Å²) in [5.74, 6) is -2.63. The van der Waals surface area contributed by atoms with Gasteiger partial charge in [-0.3, -0.25) is 4.79 Å². The first-order chi connectivity index (χ1) is 14.3. The minimum absolute atomic E-state index is 0.0642. The second-order valence-electron chi connectivity index (χ2n) is 6.14. The van der Waals surface area contributed by atoms with Gasteiger partial charge in [-0.15, -0.1) is 5.10 Å². The number of aryl methyl sites for hydroxylation is 1. The van der Waals surface area contributed by atoms with Crippen LogP contribution in [0.3, 0.4) is 0 Å². The summed E-state index contributed by atoms with van der Waals surface area (Å²) in [6, 6.07) is 6.25. The zero-order valence-corrected chi connectivity index (χ0v) is 17.5. The van der Waals surface area contributed by atoms with Gasteiger partial charge in [0.2, 0.25) is 0 Å². The van der Waals surface area contributed by atoms with Crippen molar-refractivity contribution in [3.63, 3.8) is 0 Å². The molecule has 0 aliphatic heterocycles. The summed E-state index contributed by atoms with van der Waals surface area (Å²) in [7, 11) is -4.72. The Hall–Kier alpha value is -2.70. The number of nitrogens with zero attached hydrogens (tertiary/aromatic N) is 3. The summed E-state index contributed by atoms with van der Waals surface area (Å²) in [5, 5.41) is 6.41. The number of aromatic nitrogens is 3. The number of carbonyl (C=O) groups excluding carboxylic acids is 1. The van der Waals surface area contributed by atoms with Crippen LogP contribution in [0.1, 0.15) is 21.7 Å². The third kappa shape index (κ3) is 4.65. The monoisotopic (exact) mass is 496 g/mol. The van der Waals surface area contributed by atoms with Gasteiger partial charge in [-0.25, -0.2) is 22.2 Å². The first kappa shape index (κ1) is 23.0. The van der Waals surface area contributed by atoms with Crippen molar-refractivity contribution in [3.05, 3.63) is 69.2 Å². The molecule has 0 bridgehead atoms. The fourth-order valence-electron chi connectivity index (χ4n) is 2.60. The average molecular weight is 497 g/mol. The predicted octanol–water partition coefficient (Wildman–Crippen LogP) is 4.16. The maximum Gasteiger partial charge on any atom is 0.435 e. The Kier molecular flexibility index (Phi) is 6.00. The number of rotatable bonds is 4. The van der Waals surface area contributed by atoms with Crippen molar-refractivity contribution >= 4 is 39.1 Å². The summed E-state index contributed by atoms with van der Waals surface area (Å²) in [4.78, 5) is 11.8. The van der Waals surface area contributed by atoms with E-state index >= 15 is 0 Å². The molecule has 0 unspecified atom stereocenters. The van der Waals surface area contributed by atoms with E-state index in [1.165, 1.54) is 17.7 Å². The smallest absolute Gasteiger partial charge is 0.266 e. The van der Waals surface area contributed by atoms with E-state index in [0.717, 1.165) is 24.3 Å². The van der Waals surface area contributed by atoms with Crippen LogP contribution in [0, 0.1) is 12.7 Å². The van der Waals surface area contributed by atoms with Gasteiger partial charge in [0.15, 0.2) is 11.4 Å². The molecule has 2 aromatic carbocycles. The van der Waals surface area contributed by atoms with E-state index in [1.54, 1.807) is 0 Å². The molecule has 1 heterocycles. The van der Waals surface area contributed by atoms with Crippen LogP contribution >= 0.6 is 23.2 Å². The van der Waals surface area contributed by atoms with Crippen LogP contribution in [-0.4, -0.2) is 29.3 Å². The normalized spacial score (nSPS) is 12.1. The molecule has 7 nitrogen and oxygen atoms in total. The lowest BCUT2D eigenvalue weighted by molar-refractivity contribution is -0.143. The lowest BCUT2D eigenvalue weighted by Crippen LogP contribution is -2.33. The van der Waals surface area contributed by atoms with Crippen molar-refractivity contribution in [2.24, 2.45) is 0 Å². The Labute approximate surface area is 182 Å². The topological polar surface area (TPSA) is 93.9 Å². The third-order valence-corrected chi connectivity index (χ3v) is 5.97. The molecule has 1 amide bonds. The molecule has 1 N–H and O–H groups in total. The Balaban J connectivity index is 2.08. The molecule has 31 heavy (non-hydrogen) atoms. The number of sulfonamides is 1. The van der Waals surface area contributed by atoms with Crippen molar-refractivity contribution in [2.75, 3.05) is 0 Å². The highest BCUT2D eigenvalue weighted by molar-refractivity contribution is 7.90. The molecule has 0 aliphatic carbocycles. The van der Waals surface area contributed by atoms with Crippen molar-refractivity contribution in [2.45, 2.75) is 18.0 Å². The first-order valence-electron chi connectivity index (χ1n) is 8.13. The number of amides is 1. The number of hydrogen-bond donors (Lipinski definition) is 1. The molecule has 1 aromatic heterocycles. The van der Waals surface area contributed by atoms with E-state index in [2.05, 4.69) is 10.3 Å². The number of hydrogen-bond acceptors (Lipinski definition) is 5. The Morgan fingerprint density at radius 1 is 1.13 bits per heavy atom. The molecule has 0 fully saturated rings. The highest BCUT2D eigenvalue weighted by Gasteiger charge is 2.43. The average Bonchev–Trinajstić information content (AvgIpc) is 3.08. The molecule has 0 saturated carbocycles. The molecule has 0 spiro atoms. The largest absolute Gasteiger partial charge is 0.435 e. The van der Waals surface area contributed by atoms with Gasteiger partial charge in [0.25, 0.3) is 15.9 Å². The maximum absolute atomic E-state index is 13.7. The van der Waals surface area contributed by atoms with E-state index in [1.807, 2.05) is 0 Å². The summed E-state index contributed by atoms with van der Waals surface area (Å²) in [6.45, 7) is 1.32. The quantitative estimate of drug-likeness (QED) is 0.547. The van der Waals surface area contributed by atoms with Crippen LogP contribution in [0.15, 0.2) is 41.3 Å². The van der Waals surface area contributed by atoms with Crippen LogP contribution in [0.2, 0.25) is 10.0 Å². The van der Waals surface area contributed by atoms with Crippen molar-refractivity contribution in [1.82, 2.24) is 19.7 Å². The zero-order chi connectivity index (χ0) is 23.1. The fraction of sp³-hybridized carbons (Fsp3) is 0.118. The second kappa shape index (κ2) is 8.09. The maximum atomic E-state index is 13.7. The number of alkyl halides is 3. The van der Waals surface area contributed by atoms with Crippen molar-refractivity contribution in [3.8, 4) is 5.69 Å². The van der Waals surface area contributed by atoms with Crippen molar-refractivity contribution < 1.29 is 30.8 Å². The molecule has 3 rings (SSSR count). The van der Waals surface area contributed by atoms with Crippen LogP contribution in [-0.2, 0) is 16.2 Å². The van der Waals surface area contributed by atoms with Gasteiger partial charge < -0.3 is 0 Å². The predicted molar refractivity (Wildman–Crippen MR) is 102 cm³/mol. The lowest BCUT2D eigenvalue weighted by atomic mass is 10.2. The lowest BCUT2D eigenvalue weighted by Gasteiger charge is -2.13. The number of carbonyl (C=O) groups is 1. The third-order valence-electron chi connectivity index (χ3n) is 3.96. The molecule has 14 heteroatoms. The van der Waals surface area contributed by atoms with Crippen LogP contribution in [0.5, 0.6) is 0 Å². The summed E-state index contributed by atoms with van der Waals surface area (Å²) in [6.07, 6.45) is -5.17. The zero-order valence-electron chi connectivity index (χ0n) is 15.2. The van der Waals surface area contributed by atoms with Gasteiger partial charge in [-0.1, -0.05) is 34.5 Å².